The summed E-state index contributed by atoms with van der Waals surface area (Å²) in [7, 11) is 3.11. The Bertz CT molecular complexity index is 1110. The Morgan fingerprint density at radius 2 is 1.92 bits per heavy atom. The number of fused-ring (bicyclic) bond motifs is 1. The van der Waals surface area contributed by atoms with Gasteiger partial charge in [-0.05, 0) is 17.7 Å². The second-order valence-corrected chi connectivity index (χ2v) is 5.20. The second-order valence-electron chi connectivity index (χ2n) is 5.20. The first-order chi connectivity index (χ1) is 11.9. The van der Waals surface area contributed by atoms with Crippen LogP contribution < -0.4 is 16.7 Å². The third-order valence-electron chi connectivity index (χ3n) is 3.62. The number of aromatic nitrogens is 4. The van der Waals surface area contributed by atoms with Crippen molar-refractivity contribution in [1.82, 2.24) is 19.1 Å². The lowest BCUT2D eigenvalue weighted by molar-refractivity contribution is -0.384. The van der Waals surface area contributed by atoms with E-state index in [0.29, 0.717) is 5.56 Å². The van der Waals surface area contributed by atoms with Gasteiger partial charge in [0.1, 0.15) is 0 Å². The molecule has 25 heavy (non-hydrogen) atoms. The first kappa shape index (κ1) is 16.1. The van der Waals surface area contributed by atoms with E-state index in [1.807, 2.05) is 0 Å². The number of hydrogen-bond donors (Lipinski definition) is 2. The van der Waals surface area contributed by atoms with Gasteiger partial charge in [-0.1, -0.05) is 0 Å². The Balaban J connectivity index is 1.88. The molecule has 0 amide bonds. The molecule has 0 radical (unpaired) electrons. The average Bonchev–Trinajstić information content (AvgIpc) is 2.91. The molecular formula is C14H13N7O4. The van der Waals surface area contributed by atoms with Gasteiger partial charge in [0.05, 0.1) is 11.1 Å². The van der Waals surface area contributed by atoms with E-state index < -0.39 is 16.2 Å². The highest BCUT2D eigenvalue weighted by atomic mass is 16.6. The summed E-state index contributed by atoms with van der Waals surface area (Å²) < 4.78 is 2.70. The minimum Gasteiger partial charge on any atom is -0.306 e. The lowest BCUT2D eigenvalue weighted by Crippen LogP contribution is -2.29. The zero-order chi connectivity index (χ0) is 18.1. The van der Waals surface area contributed by atoms with Crippen LogP contribution in [-0.2, 0) is 14.1 Å². The number of non-ortho nitro benzene ring substituents is 1. The lowest BCUT2D eigenvalue weighted by Gasteiger charge is -2.00. The van der Waals surface area contributed by atoms with Gasteiger partial charge in [-0.15, -0.1) is 0 Å². The van der Waals surface area contributed by atoms with Gasteiger partial charge in [0.2, 0.25) is 5.95 Å². The molecule has 0 aliphatic heterocycles. The molecule has 3 rings (SSSR count). The first-order valence-corrected chi connectivity index (χ1v) is 7.07. The number of hydrogen-bond acceptors (Lipinski definition) is 7. The van der Waals surface area contributed by atoms with Crippen LogP contribution in [0.15, 0.2) is 39.0 Å². The summed E-state index contributed by atoms with van der Waals surface area (Å²) in [5.41, 5.74) is 2.67. The van der Waals surface area contributed by atoms with Gasteiger partial charge in [0.25, 0.3) is 11.2 Å². The van der Waals surface area contributed by atoms with Crippen molar-refractivity contribution < 1.29 is 4.92 Å². The smallest absolute Gasteiger partial charge is 0.306 e. The predicted molar refractivity (Wildman–Crippen MR) is 90.9 cm³/mol. The number of nitrogens with zero attached hydrogens (tertiary/aromatic N) is 5. The number of H-pyrrole nitrogens is 1. The largest absolute Gasteiger partial charge is 0.329 e. The molecule has 0 unspecified atom stereocenters. The summed E-state index contributed by atoms with van der Waals surface area (Å²) >= 11 is 0. The number of aryl methyl sites for hydroxylation is 2. The predicted octanol–water partition coefficient (Wildman–Crippen LogP) is 0.314. The van der Waals surface area contributed by atoms with Crippen molar-refractivity contribution in [2.45, 2.75) is 0 Å². The van der Waals surface area contributed by atoms with E-state index in [-0.39, 0.29) is 22.8 Å². The highest BCUT2D eigenvalue weighted by Crippen LogP contribution is 2.13. The molecule has 11 nitrogen and oxygen atoms in total. The van der Waals surface area contributed by atoms with E-state index in [2.05, 4.69) is 20.5 Å². The molecule has 2 N–H and O–H groups in total. The summed E-state index contributed by atoms with van der Waals surface area (Å²) in [6.07, 6.45) is 1.45. The molecule has 0 saturated heterocycles. The Labute approximate surface area is 139 Å². The Morgan fingerprint density at radius 3 is 2.56 bits per heavy atom. The van der Waals surface area contributed by atoms with Gasteiger partial charge in [-0.25, -0.2) is 10.2 Å². The molecule has 0 fully saturated rings. The molecule has 0 atom stereocenters. The Morgan fingerprint density at radius 1 is 1.24 bits per heavy atom. The van der Waals surface area contributed by atoms with Crippen LogP contribution in [0.1, 0.15) is 5.56 Å². The molecule has 11 heteroatoms. The fourth-order valence-corrected chi connectivity index (χ4v) is 2.25. The number of benzene rings is 1. The molecule has 2 aromatic heterocycles. The minimum atomic E-state index is -0.559. The molecular weight excluding hydrogens is 330 g/mol. The van der Waals surface area contributed by atoms with Gasteiger partial charge in [-0.2, -0.15) is 10.1 Å². The van der Waals surface area contributed by atoms with E-state index in [0.717, 1.165) is 0 Å². The topological polar surface area (TPSA) is 140 Å². The molecule has 0 aliphatic rings. The number of rotatable bonds is 4. The standard InChI is InChI=1S/C14H13N7O4/c1-19-10-11(20(2)14(23)17-12(10)22)16-13(19)18-15-7-8-3-5-9(6-4-8)21(24)25/h3-7H,1-2H3,(H,16,18)(H,17,22,23)/b15-7-. The van der Waals surface area contributed by atoms with E-state index >= 15 is 0 Å². The van der Waals surface area contributed by atoms with Gasteiger partial charge < -0.3 is 4.57 Å². The zero-order valence-electron chi connectivity index (χ0n) is 13.3. The Hall–Kier alpha value is -3.76. The van der Waals surface area contributed by atoms with Gasteiger partial charge in [0, 0.05) is 26.2 Å². The van der Waals surface area contributed by atoms with Crippen LogP contribution >= 0.6 is 0 Å². The first-order valence-electron chi connectivity index (χ1n) is 7.07. The van der Waals surface area contributed by atoms with Crippen molar-refractivity contribution in [3.05, 3.63) is 60.8 Å². The fourth-order valence-electron chi connectivity index (χ4n) is 2.25. The van der Waals surface area contributed by atoms with E-state index in [1.54, 1.807) is 19.2 Å². The number of imidazole rings is 1. The summed E-state index contributed by atoms with van der Waals surface area (Å²) in [4.78, 5) is 40.0. The third-order valence-corrected chi connectivity index (χ3v) is 3.62. The van der Waals surface area contributed by atoms with Crippen LogP contribution in [0.2, 0.25) is 0 Å². The quantitative estimate of drug-likeness (QED) is 0.397. The van der Waals surface area contributed by atoms with Crippen LogP contribution in [0.3, 0.4) is 0 Å². The number of nitro groups is 1. The number of hydrazone groups is 1. The fraction of sp³-hybridized carbons (Fsp3) is 0.143. The van der Waals surface area contributed by atoms with Gasteiger partial charge >= 0.3 is 5.69 Å². The van der Waals surface area contributed by atoms with Crippen molar-refractivity contribution in [1.29, 1.82) is 0 Å². The van der Waals surface area contributed by atoms with Crippen molar-refractivity contribution >= 4 is 29.0 Å². The van der Waals surface area contributed by atoms with Crippen LogP contribution in [0, 0.1) is 10.1 Å². The van der Waals surface area contributed by atoms with Crippen LogP contribution in [0.25, 0.3) is 11.2 Å². The van der Waals surface area contributed by atoms with E-state index in [9.17, 15) is 19.7 Å². The van der Waals surface area contributed by atoms with E-state index in [1.165, 1.54) is 34.5 Å². The van der Waals surface area contributed by atoms with Gasteiger partial charge in [-0.3, -0.25) is 24.5 Å². The van der Waals surface area contributed by atoms with Crippen LogP contribution in [0.5, 0.6) is 0 Å². The lowest BCUT2D eigenvalue weighted by atomic mass is 10.2. The van der Waals surface area contributed by atoms with Crippen molar-refractivity contribution in [2.75, 3.05) is 5.43 Å². The molecule has 1 aromatic carbocycles. The molecule has 3 aromatic rings. The summed E-state index contributed by atoms with van der Waals surface area (Å²) in [5.74, 6) is 0.264. The number of anilines is 1. The molecule has 128 valence electrons. The maximum Gasteiger partial charge on any atom is 0.329 e. The normalized spacial score (nSPS) is 11.3. The van der Waals surface area contributed by atoms with Crippen molar-refractivity contribution in [3.63, 3.8) is 0 Å². The Kier molecular flexibility index (Phi) is 3.89. The molecule has 0 saturated carbocycles. The monoisotopic (exact) mass is 343 g/mol. The number of nitro benzene ring substituents is 1. The zero-order valence-corrected chi connectivity index (χ0v) is 13.3. The highest BCUT2D eigenvalue weighted by molar-refractivity contribution is 5.81. The number of aromatic amines is 1. The number of nitrogens with one attached hydrogen (secondary N) is 2. The van der Waals surface area contributed by atoms with Gasteiger partial charge in [0.15, 0.2) is 11.2 Å². The summed E-state index contributed by atoms with van der Waals surface area (Å²) in [6, 6.07) is 5.83. The van der Waals surface area contributed by atoms with E-state index in [4.69, 9.17) is 0 Å². The van der Waals surface area contributed by atoms with Crippen LogP contribution in [0.4, 0.5) is 11.6 Å². The summed E-state index contributed by atoms with van der Waals surface area (Å²) in [5, 5.41) is 14.6. The molecule has 0 aliphatic carbocycles. The maximum atomic E-state index is 11.9. The molecule has 0 spiro atoms. The highest BCUT2D eigenvalue weighted by Gasteiger charge is 2.14. The van der Waals surface area contributed by atoms with Crippen molar-refractivity contribution in [2.24, 2.45) is 19.2 Å². The van der Waals surface area contributed by atoms with Crippen LogP contribution in [-0.4, -0.2) is 30.2 Å². The maximum absolute atomic E-state index is 11.9. The minimum absolute atomic E-state index is 0.0133. The summed E-state index contributed by atoms with van der Waals surface area (Å²) in [6.45, 7) is 0. The van der Waals surface area contributed by atoms with Crippen molar-refractivity contribution in [3.8, 4) is 0 Å². The second kappa shape index (κ2) is 6.03. The molecule has 0 bridgehead atoms. The average molecular weight is 343 g/mol. The third kappa shape index (κ3) is 2.89. The SMILES string of the molecule is Cn1c(N/N=C\c2ccc([N+](=O)[O-])cc2)nc2c1c(=O)[nH]c(=O)n2C. The molecule has 2 heterocycles.